The minimum absolute atomic E-state index is 0.103. The van der Waals surface area contributed by atoms with E-state index in [0.717, 1.165) is 12.8 Å². The van der Waals surface area contributed by atoms with Crippen LogP contribution in [0.1, 0.15) is 26.2 Å². The van der Waals surface area contributed by atoms with E-state index in [-0.39, 0.29) is 11.9 Å². The van der Waals surface area contributed by atoms with Crippen molar-refractivity contribution >= 4 is 5.91 Å². The van der Waals surface area contributed by atoms with Crippen LogP contribution in [0.2, 0.25) is 0 Å². The highest BCUT2D eigenvalue weighted by molar-refractivity contribution is 5.76. The second-order valence-electron chi connectivity index (χ2n) is 3.58. The Morgan fingerprint density at radius 3 is 2.69 bits per heavy atom. The molecule has 3 nitrogen and oxygen atoms in total. The molecule has 1 atom stereocenters. The maximum absolute atomic E-state index is 11.0. The standard InChI is InChI=1S/C10H18N2O/c1-8(7-10(13)11-2)12-9-5-3-4-6-9/h3-4,8-9,12H,5-7H2,1-2H3,(H,11,13). The molecule has 0 heterocycles. The molecule has 0 fully saturated rings. The van der Waals surface area contributed by atoms with Crippen LogP contribution in [-0.4, -0.2) is 25.0 Å². The molecule has 1 aliphatic carbocycles. The number of hydrogen-bond donors (Lipinski definition) is 2. The molecule has 1 aliphatic rings. The van der Waals surface area contributed by atoms with Gasteiger partial charge in [0, 0.05) is 25.6 Å². The lowest BCUT2D eigenvalue weighted by Gasteiger charge is -2.18. The van der Waals surface area contributed by atoms with Gasteiger partial charge in [-0.15, -0.1) is 0 Å². The van der Waals surface area contributed by atoms with Gasteiger partial charge in [-0.05, 0) is 19.8 Å². The monoisotopic (exact) mass is 182 g/mol. The van der Waals surface area contributed by atoms with Gasteiger partial charge in [-0.2, -0.15) is 0 Å². The summed E-state index contributed by atoms with van der Waals surface area (Å²) < 4.78 is 0. The number of carbonyl (C=O) groups is 1. The van der Waals surface area contributed by atoms with E-state index in [9.17, 15) is 4.79 Å². The van der Waals surface area contributed by atoms with Gasteiger partial charge < -0.3 is 10.6 Å². The summed E-state index contributed by atoms with van der Waals surface area (Å²) in [6.07, 6.45) is 7.12. The maximum atomic E-state index is 11.0. The van der Waals surface area contributed by atoms with Crippen molar-refractivity contribution in [3.63, 3.8) is 0 Å². The zero-order valence-corrected chi connectivity index (χ0v) is 8.34. The molecule has 1 unspecified atom stereocenters. The molecule has 0 spiro atoms. The van der Waals surface area contributed by atoms with Gasteiger partial charge >= 0.3 is 0 Å². The van der Waals surface area contributed by atoms with Crippen LogP contribution >= 0.6 is 0 Å². The van der Waals surface area contributed by atoms with Gasteiger partial charge in [0.05, 0.1) is 0 Å². The van der Waals surface area contributed by atoms with E-state index < -0.39 is 0 Å². The van der Waals surface area contributed by atoms with Crippen LogP contribution in [0.3, 0.4) is 0 Å². The van der Waals surface area contributed by atoms with Crippen molar-refractivity contribution in [1.29, 1.82) is 0 Å². The molecule has 0 aliphatic heterocycles. The SMILES string of the molecule is CNC(=O)CC(C)NC1CC=CC1. The first kappa shape index (κ1) is 10.3. The topological polar surface area (TPSA) is 41.1 Å². The van der Waals surface area contributed by atoms with Gasteiger partial charge in [-0.1, -0.05) is 12.2 Å². The average Bonchev–Trinajstić information content (AvgIpc) is 2.56. The lowest BCUT2D eigenvalue weighted by atomic mass is 10.1. The molecular formula is C10H18N2O. The van der Waals surface area contributed by atoms with Gasteiger partial charge in [-0.25, -0.2) is 0 Å². The maximum Gasteiger partial charge on any atom is 0.221 e. The molecule has 0 saturated carbocycles. The van der Waals surface area contributed by atoms with Crippen LogP contribution in [0.15, 0.2) is 12.2 Å². The van der Waals surface area contributed by atoms with E-state index in [2.05, 4.69) is 22.8 Å². The Morgan fingerprint density at radius 2 is 2.15 bits per heavy atom. The largest absolute Gasteiger partial charge is 0.359 e. The molecule has 0 radical (unpaired) electrons. The molecular weight excluding hydrogens is 164 g/mol. The van der Waals surface area contributed by atoms with Crippen LogP contribution in [0.5, 0.6) is 0 Å². The molecule has 74 valence electrons. The number of rotatable bonds is 4. The lowest BCUT2D eigenvalue weighted by Crippen LogP contribution is -2.38. The van der Waals surface area contributed by atoms with Crippen molar-refractivity contribution in [2.24, 2.45) is 0 Å². The fraction of sp³-hybridized carbons (Fsp3) is 0.700. The number of amides is 1. The van der Waals surface area contributed by atoms with Crippen molar-refractivity contribution in [2.75, 3.05) is 7.05 Å². The molecule has 1 rings (SSSR count). The van der Waals surface area contributed by atoms with Crippen LogP contribution in [0.25, 0.3) is 0 Å². The van der Waals surface area contributed by atoms with Crippen LogP contribution in [0.4, 0.5) is 0 Å². The van der Waals surface area contributed by atoms with Crippen molar-refractivity contribution in [1.82, 2.24) is 10.6 Å². The summed E-state index contributed by atoms with van der Waals surface area (Å²) in [6.45, 7) is 2.05. The number of hydrogen-bond acceptors (Lipinski definition) is 2. The zero-order chi connectivity index (χ0) is 9.68. The van der Waals surface area contributed by atoms with Crippen molar-refractivity contribution < 1.29 is 4.79 Å². The minimum Gasteiger partial charge on any atom is -0.359 e. The molecule has 0 aromatic heterocycles. The van der Waals surface area contributed by atoms with Crippen LogP contribution < -0.4 is 10.6 Å². The summed E-state index contributed by atoms with van der Waals surface area (Å²) in [5.41, 5.74) is 0. The Hall–Kier alpha value is -0.830. The minimum atomic E-state index is 0.103. The quantitative estimate of drug-likeness (QED) is 0.632. The third-order valence-electron chi connectivity index (χ3n) is 2.30. The fourth-order valence-corrected chi connectivity index (χ4v) is 1.59. The Bertz CT molecular complexity index is 193. The molecule has 0 aromatic carbocycles. The molecule has 0 bridgehead atoms. The number of nitrogens with one attached hydrogen (secondary N) is 2. The van der Waals surface area contributed by atoms with E-state index in [1.54, 1.807) is 7.05 Å². The molecule has 0 saturated heterocycles. The first-order valence-electron chi connectivity index (χ1n) is 4.84. The zero-order valence-electron chi connectivity index (χ0n) is 8.34. The van der Waals surface area contributed by atoms with Gasteiger partial charge in [0.1, 0.15) is 0 Å². The predicted molar refractivity (Wildman–Crippen MR) is 53.4 cm³/mol. The molecule has 0 aromatic rings. The normalized spacial score (nSPS) is 18.9. The van der Waals surface area contributed by atoms with Gasteiger partial charge in [0.15, 0.2) is 0 Å². The number of carbonyl (C=O) groups excluding carboxylic acids is 1. The summed E-state index contributed by atoms with van der Waals surface area (Å²) in [6, 6.07) is 0.810. The Kier molecular flexibility index (Phi) is 3.96. The molecule has 3 heteroatoms. The van der Waals surface area contributed by atoms with Crippen molar-refractivity contribution in [2.45, 2.75) is 38.3 Å². The second kappa shape index (κ2) is 5.02. The summed E-state index contributed by atoms with van der Waals surface area (Å²) in [7, 11) is 1.67. The lowest BCUT2D eigenvalue weighted by molar-refractivity contribution is -0.121. The third kappa shape index (κ3) is 3.59. The highest BCUT2D eigenvalue weighted by atomic mass is 16.1. The van der Waals surface area contributed by atoms with E-state index in [4.69, 9.17) is 0 Å². The van der Waals surface area contributed by atoms with Crippen LogP contribution in [0, 0.1) is 0 Å². The molecule has 1 amide bonds. The van der Waals surface area contributed by atoms with Gasteiger partial charge in [0.25, 0.3) is 0 Å². The Labute approximate surface area is 79.6 Å². The highest BCUT2D eigenvalue weighted by Crippen LogP contribution is 2.10. The fourth-order valence-electron chi connectivity index (χ4n) is 1.59. The van der Waals surface area contributed by atoms with Crippen molar-refractivity contribution in [3.05, 3.63) is 12.2 Å². The first-order chi connectivity index (χ1) is 6.22. The van der Waals surface area contributed by atoms with Gasteiger partial charge in [0.2, 0.25) is 5.91 Å². The third-order valence-corrected chi connectivity index (χ3v) is 2.30. The summed E-state index contributed by atoms with van der Waals surface area (Å²) in [4.78, 5) is 11.0. The summed E-state index contributed by atoms with van der Waals surface area (Å²) in [5.74, 6) is 0.103. The second-order valence-corrected chi connectivity index (χ2v) is 3.58. The summed E-state index contributed by atoms with van der Waals surface area (Å²) in [5, 5.41) is 6.05. The molecule has 2 N–H and O–H groups in total. The average molecular weight is 182 g/mol. The highest BCUT2D eigenvalue weighted by Gasteiger charge is 2.14. The Morgan fingerprint density at radius 1 is 1.54 bits per heavy atom. The predicted octanol–water partition coefficient (Wildman–Crippen LogP) is 0.819. The smallest absolute Gasteiger partial charge is 0.221 e. The Balaban J connectivity index is 2.17. The first-order valence-corrected chi connectivity index (χ1v) is 4.84. The van der Waals surface area contributed by atoms with E-state index in [0.29, 0.717) is 12.5 Å². The van der Waals surface area contributed by atoms with E-state index in [1.807, 2.05) is 6.92 Å². The van der Waals surface area contributed by atoms with Crippen molar-refractivity contribution in [3.8, 4) is 0 Å². The van der Waals surface area contributed by atoms with E-state index in [1.165, 1.54) is 0 Å². The van der Waals surface area contributed by atoms with E-state index >= 15 is 0 Å². The van der Waals surface area contributed by atoms with Crippen LogP contribution in [-0.2, 0) is 4.79 Å². The summed E-state index contributed by atoms with van der Waals surface area (Å²) >= 11 is 0. The van der Waals surface area contributed by atoms with Gasteiger partial charge in [-0.3, -0.25) is 4.79 Å². The molecule has 13 heavy (non-hydrogen) atoms.